The van der Waals surface area contributed by atoms with Gasteiger partial charge in [0.25, 0.3) is 0 Å². The van der Waals surface area contributed by atoms with E-state index in [9.17, 15) is 19.2 Å². The number of ketones is 2. The number of allylic oxidation sites excluding steroid dienone is 2. The molecule has 1 aliphatic carbocycles. The number of aliphatic carboxylic acids is 1. The zero-order chi connectivity index (χ0) is 17.1. The molecule has 0 fully saturated rings. The third kappa shape index (κ3) is 3.68. The van der Waals surface area contributed by atoms with Crippen LogP contribution in [0.2, 0.25) is 0 Å². The first-order chi connectivity index (χ1) is 10.8. The number of carboxylic acid groups (broad SMARTS) is 1. The van der Waals surface area contributed by atoms with Crippen molar-refractivity contribution >= 4 is 35.3 Å². The average Bonchev–Trinajstić information content (AvgIpc) is 2.49. The molecule has 0 aliphatic heterocycles. The van der Waals surface area contributed by atoms with Crippen molar-refractivity contribution in [2.45, 2.75) is 25.7 Å². The fourth-order valence-corrected chi connectivity index (χ4v) is 2.97. The topological polar surface area (TPSA) is 97.7 Å². The predicted molar refractivity (Wildman–Crippen MR) is 83.3 cm³/mol. The van der Waals surface area contributed by atoms with E-state index in [0.717, 1.165) is 17.8 Å². The van der Waals surface area contributed by atoms with Crippen LogP contribution in [0.3, 0.4) is 0 Å². The molecule has 0 radical (unpaired) electrons. The highest BCUT2D eigenvalue weighted by Crippen LogP contribution is 2.32. The number of carboxylic acids is 1. The van der Waals surface area contributed by atoms with Gasteiger partial charge in [-0.25, -0.2) is 0 Å². The summed E-state index contributed by atoms with van der Waals surface area (Å²) in [6, 6.07) is 4.71. The molecule has 6 nitrogen and oxygen atoms in total. The van der Waals surface area contributed by atoms with Crippen LogP contribution in [0.1, 0.15) is 40.1 Å². The third-order valence-electron chi connectivity index (χ3n) is 3.21. The summed E-state index contributed by atoms with van der Waals surface area (Å²) in [5, 5.41) is 8.09. The van der Waals surface area contributed by atoms with Crippen molar-refractivity contribution in [3.63, 3.8) is 0 Å². The molecular formula is C16H14O6S. The Hall–Kier alpha value is -2.41. The smallest absolute Gasteiger partial charge is 0.316 e. The van der Waals surface area contributed by atoms with Crippen LogP contribution in [-0.2, 0) is 20.9 Å². The molecule has 0 spiro atoms. The number of hydrogen-bond acceptors (Lipinski definition) is 6. The van der Waals surface area contributed by atoms with Gasteiger partial charge in [-0.15, -0.1) is 11.8 Å². The van der Waals surface area contributed by atoms with Gasteiger partial charge in [0.1, 0.15) is 11.9 Å². The third-order valence-corrected chi connectivity index (χ3v) is 4.32. The number of thioether (sulfide) groups is 1. The molecule has 1 aliphatic rings. The summed E-state index contributed by atoms with van der Waals surface area (Å²) in [4.78, 5) is 46.7. The first kappa shape index (κ1) is 17.0. The van der Waals surface area contributed by atoms with Gasteiger partial charge in [0, 0.05) is 29.7 Å². The molecule has 1 aromatic rings. The van der Waals surface area contributed by atoms with Crippen molar-refractivity contribution in [1.29, 1.82) is 0 Å². The van der Waals surface area contributed by atoms with E-state index < -0.39 is 28.8 Å². The second-order valence-corrected chi connectivity index (χ2v) is 6.30. The first-order valence-electron chi connectivity index (χ1n) is 6.76. The summed E-state index contributed by atoms with van der Waals surface area (Å²) in [6.07, 6.45) is 1.14. The number of benzene rings is 1. The molecule has 0 saturated heterocycles. The summed E-state index contributed by atoms with van der Waals surface area (Å²) in [5.41, 5.74) is 0.843. The number of esters is 1. The van der Waals surface area contributed by atoms with Crippen LogP contribution in [0.4, 0.5) is 0 Å². The Balaban J connectivity index is 2.35. The molecule has 1 atom stereocenters. The van der Waals surface area contributed by atoms with Crippen molar-refractivity contribution in [3.05, 3.63) is 45.9 Å². The molecule has 7 heteroatoms. The SMILES string of the molecule is CC(=O)OCc1cccc2c1C(=O)C=C(SC(C)C(=O)O)C2=O. The summed E-state index contributed by atoms with van der Waals surface area (Å²) in [7, 11) is 0. The van der Waals surface area contributed by atoms with E-state index in [1.165, 1.54) is 19.9 Å². The number of ether oxygens (including phenoxy) is 1. The van der Waals surface area contributed by atoms with Crippen LogP contribution >= 0.6 is 11.8 Å². The Labute approximate surface area is 136 Å². The monoisotopic (exact) mass is 334 g/mol. The van der Waals surface area contributed by atoms with Crippen molar-refractivity contribution in [1.82, 2.24) is 0 Å². The molecule has 0 saturated carbocycles. The van der Waals surface area contributed by atoms with Crippen molar-refractivity contribution in [3.8, 4) is 0 Å². The minimum atomic E-state index is -1.06. The molecule has 0 amide bonds. The van der Waals surface area contributed by atoms with E-state index in [4.69, 9.17) is 9.84 Å². The number of carbonyl (C=O) groups excluding carboxylic acids is 3. The minimum Gasteiger partial charge on any atom is -0.480 e. The molecule has 1 aromatic carbocycles. The van der Waals surface area contributed by atoms with Crippen LogP contribution in [0.5, 0.6) is 0 Å². The van der Waals surface area contributed by atoms with E-state index >= 15 is 0 Å². The van der Waals surface area contributed by atoms with Crippen LogP contribution < -0.4 is 0 Å². The Morgan fingerprint density at radius 2 is 2.00 bits per heavy atom. The Kier molecular flexibility index (Phi) is 5.00. The average molecular weight is 334 g/mol. The minimum absolute atomic E-state index is 0.0978. The lowest BCUT2D eigenvalue weighted by atomic mass is 9.91. The van der Waals surface area contributed by atoms with Gasteiger partial charge >= 0.3 is 11.9 Å². The molecule has 23 heavy (non-hydrogen) atoms. The summed E-state index contributed by atoms with van der Waals surface area (Å²) >= 11 is 0.834. The lowest BCUT2D eigenvalue weighted by Crippen LogP contribution is -2.21. The zero-order valence-electron chi connectivity index (χ0n) is 12.5. The van der Waals surface area contributed by atoms with Gasteiger partial charge < -0.3 is 9.84 Å². The van der Waals surface area contributed by atoms with Crippen LogP contribution in [0.15, 0.2) is 29.2 Å². The second-order valence-electron chi connectivity index (χ2n) is 4.92. The quantitative estimate of drug-likeness (QED) is 0.824. The van der Waals surface area contributed by atoms with Gasteiger partial charge in [0.2, 0.25) is 0 Å². The van der Waals surface area contributed by atoms with E-state index in [2.05, 4.69) is 0 Å². The molecular weight excluding hydrogens is 320 g/mol. The van der Waals surface area contributed by atoms with Crippen molar-refractivity contribution in [2.24, 2.45) is 0 Å². The lowest BCUT2D eigenvalue weighted by Gasteiger charge is -2.18. The predicted octanol–water partition coefficient (Wildman–Crippen LogP) is 2.22. The van der Waals surface area contributed by atoms with E-state index in [-0.39, 0.29) is 22.6 Å². The highest BCUT2D eigenvalue weighted by molar-refractivity contribution is 8.05. The van der Waals surface area contributed by atoms with Crippen LogP contribution in [-0.4, -0.2) is 33.9 Å². The number of Topliss-reactive ketones (excluding diaryl/α,β-unsaturated/α-hetero) is 1. The Morgan fingerprint density at radius 3 is 2.61 bits per heavy atom. The Morgan fingerprint density at radius 1 is 1.30 bits per heavy atom. The van der Waals surface area contributed by atoms with Gasteiger partial charge in [-0.05, 0) is 6.92 Å². The summed E-state index contributed by atoms with van der Waals surface area (Å²) in [6.45, 7) is 2.60. The number of rotatable bonds is 5. The number of carbonyl (C=O) groups is 4. The highest BCUT2D eigenvalue weighted by Gasteiger charge is 2.30. The van der Waals surface area contributed by atoms with Crippen molar-refractivity contribution < 1.29 is 29.0 Å². The second kappa shape index (κ2) is 6.78. The van der Waals surface area contributed by atoms with Gasteiger partial charge in [-0.3, -0.25) is 19.2 Å². The summed E-state index contributed by atoms with van der Waals surface area (Å²) < 4.78 is 4.89. The maximum atomic E-state index is 12.5. The van der Waals surface area contributed by atoms with E-state index in [1.807, 2.05) is 0 Å². The van der Waals surface area contributed by atoms with Crippen LogP contribution in [0.25, 0.3) is 0 Å². The normalized spacial score (nSPS) is 14.8. The number of hydrogen-bond donors (Lipinski definition) is 1. The standard InChI is InChI=1S/C16H14O6S/c1-8(16(20)21)23-13-6-12(18)14-10(7-22-9(2)17)4-3-5-11(14)15(13)19/h3-6,8H,7H2,1-2H3,(H,20,21). The van der Waals surface area contributed by atoms with Crippen LogP contribution in [0, 0.1) is 0 Å². The van der Waals surface area contributed by atoms with E-state index in [1.54, 1.807) is 12.1 Å². The molecule has 0 heterocycles. The first-order valence-corrected chi connectivity index (χ1v) is 7.64. The van der Waals surface area contributed by atoms with Gasteiger partial charge in [0.05, 0.1) is 4.91 Å². The fourth-order valence-electron chi connectivity index (χ4n) is 2.10. The van der Waals surface area contributed by atoms with Crippen molar-refractivity contribution in [2.75, 3.05) is 0 Å². The maximum absolute atomic E-state index is 12.5. The molecule has 2 rings (SSSR count). The lowest BCUT2D eigenvalue weighted by molar-refractivity contribution is -0.142. The largest absolute Gasteiger partial charge is 0.480 e. The fraction of sp³-hybridized carbons (Fsp3) is 0.250. The zero-order valence-corrected chi connectivity index (χ0v) is 13.3. The molecule has 0 aromatic heterocycles. The van der Waals surface area contributed by atoms with Gasteiger partial charge in [-0.1, -0.05) is 18.2 Å². The molecule has 0 bridgehead atoms. The molecule has 1 unspecified atom stereocenters. The van der Waals surface area contributed by atoms with Gasteiger partial charge in [0.15, 0.2) is 11.6 Å². The molecule has 120 valence electrons. The maximum Gasteiger partial charge on any atom is 0.316 e. The summed E-state index contributed by atoms with van der Waals surface area (Å²) in [5.74, 6) is -2.35. The van der Waals surface area contributed by atoms with Gasteiger partial charge in [-0.2, -0.15) is 0 Å². The number of fused-ring (bicyclic) bond motifs is 1. The van der Waals surface area contributed by atoms with E-state index in [0.29, 0.717) is 5.56 Å². The Bertz CT molecular complexity index is 734. The highest BCUT2D eigenvalue weighted by atomic mass is 32.2. The molecule has 1 N–H and O–H groups in total.